The highest BCUT2D eigenvalue weighted by Gasteiger charge is 2.04. The fourth-order valence-corrected chi connectivity index (χ4v) is 0.972. The van der Waals surface area contributed by atoms with Crippen LogP contribution >= 0.6 is 0 Å². The van der Waals surface area contributed by atoms with Crippen molar-refractivity contribution < 1.29 is 0 Å². The van der Waals surface area contributed by atoms with Crippen molar-refractivity contribution in [2.45, 2.75) is 33.6 Å². The molecule has 13 heavy (non-hydrogen) atoms. The van der Waals surface area contributed by atoms with Gasteiger partial charge >= 0.3 is 0 Å². The van der Waals surface area contributed by atoms with Crippen molar-refractivity contribution in [3.8, 4) is 0 Å². The highest BCUT2D eigenvalue weighted by atomic mass is 15.0. The molecule has 0 fully saturated rings. The molecular formula is C11H20N2. The first-order valence-electron chi connectivity index (χ1n) is 4.81. The van der Waals surface area contributed by atoms with Crippen LogP contribution in [0.5, 0.6) is 0 Å². The summed E-state index contributed by atoms with van der Waals surface area (Å²) >= 11 is 0. The lowest BCUT2D eigenvalue weighted by Gasteiger charge is -1.95. The van der Waals surface area contributed by atoms with Crippen LogP contribution in [0.15, 0.2) is 12.8 Å². The smallest absolute Gasteiger partial charge is 0.132 e. The Morgan fingerprint density at radius 2 is 2.00 bits per heavy atom. The van der Waals surface area contributed by atoms with Gasteiger partial charge in [-0.05, 0) is 12.0 Å². The first-order chi connectivity index (χ1) is 6.15. The van der Waals surface area contributed by atoms with E-state index in [0.29, 0.717) is 5.92 Å². The van der Waals surface area contributed by atoms with Gasteiger partial charge in [0.1, 0.15) is 5.82 Å². The van der Waals surface area contributed by atoms with Crippen molar-refractivity contribution in [1.29, 1.82) is 0 Å². The molecule has 0 unspecified atom stereocenters. The SMILES string of the molecule is C=Cc1nc(C(C)C)cn1C.CC. The maximum Gasteiger partial charge on any atom is 0.132 e. The van der Waals surface area contributed by atoms with Gasteiger partial charge in [-0.1, -0.05) is 34.3 Å². The predicted molar refractivity (Wildman–Crippen MR) is 58.7 cm³/mol. The van der Waals surface area contributed by atoms with Crippen LogP contribution in [0.25, 0.3) is 6.08 Å². The Bertz CT molecular complexity index is 259. The first-order valence-corrected chi connectivity index (χ1v) is 4.81. The largest absolute Gasteiger partial charge is 0.334 e. The van der Waals surface area contributed by atoms with Crippen LogP contribution in [0, 0.1) is 0 Å². The lowest BCUT2D eigenvalue weighted by Crippen LogP contribution is -1.87. The first kappa shape index (κ1) is 11.9. The molecule has 74 valence electrons. The van der Waals surface area contributed by atoms with Crippen LogP contribution in [0.2, 0.25) is 0 Å². The van der Waals surface area contributed by atoms with Crippen LogP contribution in [-0.2, 0) is 7.05 Å². The monoisotopic (exact) mass is 180 g/mol. The number of rotatable bonds is 2. The fraction of sp³-hybridized carbons (Fsp3) is 0.545. The highest BCUT2D eigenvalue weighted by molar-refractivity contribution is 5.37. The van der Waals surface area contributed by atoms with Crippen LogP contribution in [0.3, 0.4) is 0 Å². The van der Waals surface area contributed by atoms with E-state index in [0.717, 1.165) is 11.5 Å². The zero-order valence-corrected chi connectivity index (χ0v) is 9.33. The summed E-state index contributed by atoms with van der Waals surface area (Å²) in [5, 5.41) is 0. The molecule has 2 heteroatoms. The van der Waals surface area contributed by atoms with Gasteiger partial charge in [0.15, 0.2) is 0 Å². The minimum Gasteiger partial charge on any atom is -0.334 e. The summed E-state index contributed by atoms with van der Waals surface area (Å²) in [5.41, 5.74) is 1.13. The van der Waals surface area contributed by atoms with Gasteiger partial charge in [-0.15, -0.1) is 0 Å². The van der Waals surface area contributed by atoms with Crippen molar-refractivity contribution in [2.75, 3.05) is 0 Å². The van der Waals surface area contributed by atoms with Crippen molar-refractivity contribution in [3.05, 3.63) is 24.3 Å². The second-order valence-corrected chi connectivity index (χ2v) is 2.99. The highest BCUT2D eigenvalue weighted by Crippen LogP contribution is 2.12. The van der Waals surface area contributed by atoms with E-state index in [1.807, 2.05) is 31.7 Å². The van der Waals surface area contributed by atoms with E-state index in [-0.39, 0.29) is 0 Å². The normalized spacial score (nSPS) is 9.38. The van der Waals surface area contributed by atoms with Crippen LogP contribution in [-0.4, -0.2) is 9.55 Å². The Kier molecular flexibility index (Phi) is 5.12. The summed E-state index contributed by atoms with van der Waals surface area (Å²) in [6, 6.07) is 0. The average Bonchev–Trinajstić information content (AvgIpc) is 2.50. The van der Waals surface area contributed by atoms with Crippen LogP contribution in [0.1, 0.15) is 45.1 Å². The Hall–Kier alpha value is -1.05. The van der Waals surface area contributed by atoms with Crippen molar-refractivity contribution in [2.24, 2.45) is 7.05 Å². The van der Waals surface area contributed by atoms with E-state index in [1.165, 1.54) is 0 Å². The molecule has 1 rings (SSSR count). The number of nitrogens with zero attached hydrogens (tertiary/aromatic N) is 2. The number of aryl methyl sites for hydroxylation is 1. The molecule has 1 heterocycles. The van der Waals surface area contributed by atoms with Gasteiger partial charge in [-0.25, -0.2) is 4.98 Å². The molecule has 0 saturated carbocycles. The van der Waals surface area contributed by atoms with E-state index in [4.69, 9.17) is 0 Å². The molecule has 0 saturated heterocycles. The maximum atomic E-state index is 4.37. The summed E-state index contributed by atoms with van der Waals surface area (Å²) in [7, 11) is 1.98. The van der Waals surface area contributed by atoms with E-state index in [2.05, 4.69) is 25.4 Å². The van der Waals surface area contributed by atoms with Crippen molar-refractivity contribution >= 4 is 6.08 Å². The second kappa shape index (κ2) is 5.57. The number of hydrogen-bond acceptors (Lipinski definition) is 1. The average molecular weight is 180 g/mol. The molecule has 0 aromatic carbocycles. The Morgan fingerprint density at radius 1 is 1.46 bits per heavy atom. The summed E-state index contributed by atoms with van der Waals surface area (Å²) in [6.07, 6.45) is 3.81. The Labute approximate surface area is 81.3 Å². The molecule has 0 radical (unpaired) electrons. The Balaban J connectivity index is 0.000000671. The second-order valence-electron chi connectivity index (χ2n) is 2.99. The summed E-state index contributed by atoms with van der Waals surface area (Å²) in [6.45, 7) is 11.9. The molecular weight excluding hydrogens is 160 g/mol. The fourth-order valence-electron chi connectivity index (χ4n) is 0.972. The molecule has 0 spiro atoms. The molecule has 0 atom stereocenters. The zero-order valence-electron chi connectivity index (χ0n) is 9.33. The number of aromatic nitrogens is 2. The summed E-state index contributed by atoms with van der Waals surface area (Å²) in [5.74, 6) is 1.43. The van der Waals surface area contributed by atoms with E-state index < -0.39 is 0 Å². The van der Waals surface area contributed by atoms with E-state index >= 15 is 0 Å². The molecule has 1 aromatic rings. The predicted octanol–water partition coefficient (Wildman–Crippen LogP) is 3.21. The summed E-state index contributed by atoms with van der Waals surface area (Å²) in [4.78, 5) is 4.37. The van der Waals surface area contributed by atoms with Crippen molar-refractivity contribution in [3.63, 3.8) is 0 Å². The molecule has 2 nitrogen and oxygen atoms in total. The van der Waals surface area contributed by atoms with Gasteiger partial charge in [0, 0.05) is 13.2 Å². The lowest BCUT2D eigenvalue weighted by molar-refractivity contribution is 0.829. The van der Waals surface area contributed by atoms with Crippen LogP contribution < -0.4 is 0 Å². The van der Waals surface area contributed by atoms with Gasteiger partial charge in [-0.3, -0.25) is 0 Å². The molecule has 0 amide bonds. The minimum atomic E-state index is 0.495. The zero-order chi connectivity index (χ0) is 10.4. The van der Waals surface area contributed by atoms with E-state index in [1.54, 1.807) is 6.08 Å². The molecule has 1 aromatic heterocycles. The molecule has 0 aliphatic heterocycles. The lowest BCUT2D eigenvalue weighted by atomic mass is 10.2. The molecule has 0 aliphatic rings. The van der Waals surface area contributed by atoms with Crippen LogP contribution in [0.4, 0.5) is 0 Å². The molecule has 0 bridgehead atoms. The number of hydrogen-bond donors (Lipinski definition) is 0. The third-order valence-electron chi connectivity index (χ3n) is 1.71. The van der Waals surface area contributed by atoms with Gasteiger partial charge in [0.05, 0.1) is 5.69 Å². The molecule has 0 aliphatic carbocycles. The van der Waals surface area contributed by atoms with Gasteiger partial charge < -0.3 is 4.57 Å². The number of imidazole rings is 1. The molecule has 0 N–H and O–H groups in total. The maximum absolute atomic E-state index is 4.37. The topological polar surface area (TPSA) is 17.8 Å². The third kappa shape index (κ3) is 3.05. The van der Waals surface area contributed by atoms with Gasteiger partial charge in [0.2, 0.25) is 0 Å². The Morgan fingerprint density at radius 3 is 2.23 bits per heavy atom. The standard InChI is InChI=1S/C9H14N2.C2H6/c1-5-9-10-8(7(2)3)6-11(9)4;1-2/h5-7H,1H2,2-4H3;1-2H3. The quantitative estimate of drug-likeness (QED) is 0.683. The summed E-state index contributed by atoms with van der Waals surface area (Å²) < 4.78 is 1.99. The van der Waals surface area contributed by atoms with Crippen molar-refractivity contribution in [1.82, 2.24) is 9.55 Å². The van der Waals surface area contributed by atoms with E-state index in [9.17, 15) is 0 Å². The van der Waals surface area contributed by atoms with Gasteiger partial charge in [0.25, 0.3) is 0 Å². The minimum absolute atomic E-state index is 0.495. The van der Waals surface area contributed by atoms with Gasteiger partial charge in [-0.2, -0.15) is 0 Å². The third-order valence-corrected chi connectivity index (χ3v) is 1.71.